The average molecular weight is 270 g/mol. The van der Waals surface area contributed by atoms with Crippen molar-refractivity contribution in [1.82, 2.24) is 9.97 Å². The van der Waals surface area contributed by atoms with Gasteiger partial charge in [-0.2, -0.15) is 0 Å². The van der Waals surface area contributed by atoms with Gasteiger partial charge in [-0.3, -0.25) is 0 Å². The number of anilines is 1. The second kappa shape index (κ2) is 4.92. The van der Waals surface area contributed by atoms with E-state index in [-0.39, 0.29) is 16.9 Å². The lowest BCUT2D eigenvalue weighted by molar-refractivity contribution is 0.168. The zero-order valence-electron chi connectivity index (χ0n) is 11.3. The maximum atomic E-state index is 6.20. The summed E-state index contributed by atoms with van der Waals surface area (Å²) in [4.78, 5) is 8.30. The minimum Gasteiger partial charge on any atom is -0.475 e. The first-order valence-corrected chi connectivity index (χ1v) is 6.72. The molecule has 0 amide bonds. The maximum Gasteiger partial charge on any atom is 0.218 e. The number of ether oxygens (including phenoxy) is 1. The van der Waals surface area contributed by atoms with Gasteiger partial charge >= 0.3 is 0 Å². The van der Waals surface area contributed by atoms with Crippen molar-refractivity contribution in [2.45, 2.75) is 51.6 Å². The number of hydrogen-bond donors (Lipinski definition) is 1. The lowest BCUT2D eigenvalue weighted by Gasteiger charge is -2.49. The first kappa shape index (κ1) is 13.4. The van der Waals surface area contributed by atoms with Gasteiger partial charge in [-0.25, -0.2) is 9.97 Å². The Balaban J connectivity index is 2.02. The molecule has 1 heterocycles. The van der Waals surface area contributed by atoms with E-state index in [0.717, 1.165) is 12.2 Å². The van der Waals surface area contributed by atoms with Gasteiger partial charge in [-0.1, -0.05) is 13.8 Å². The number of nitrogens with zero attached hydrogens (tertiary/aromatic N) is 2. The molecule has 5 heteroatoms. The first-order valence-electron chi connectivity index (χ1n) is 6.29. The topological polar surface area (TPSA) is 47.0 Å². The highest BCUT2D eigenvalue weighted by Gasteiger charge is 2.47. The van der Waals surface area contributed by atoms with Crippen LogP contribution in [-0.2, 0) is 0 Å². The van der Waals surface area contributed by atoms with Crippen LogP contribution in [0.5, 0.6) is 5.88 Å². The monoisotopic (exact) mass is 269 g/mol. The van der Waals surface area contributed by atoms with Crippen molar-refractivity contribution in [3.8, 4) is 5.88 Å². The zero-order chi connectivity index (χ0) is 13.3. The molecule has 2 atom stereocenters. The number of aromatic nitrogens is 2. The number of hydrogen-bond acceptors (Lipinski definition) is 4. The number of nitrogens with one attached hydrogen (secondary N) is 1. The fourth-order valence-electron chi connectivity index (χ4n) is 2.02. The fraction of sp³-hybridized carbons (Fsp3) is 0.692. The summed E-state index contributed by atoms with van der Waals surface area (Å²) < 4.78 is 5.54. The molecule has 0 spiro atoms. The molecule has 1 aromatic heterocycles. The Morgan fingerprint density at radius 3 is 2.72 bits per heavy atom. The van der Waals surface area contributed by atoms with E-state index in [1.807, 2.05) is 19.9 Å². The predicted molar refractivity (Wildman–Crippen MR) is 73.2 cm³/mol. The minimum atomic E-state index is 0.0889. The van der Waals surface area contributed by atoms with Crippen LogP contribution in [0, 0.1) is 5.41 Å². The van der Waals surface area contributed by atoms with E-state index in [2.05, 4.69) is 29.1 Å². The molecule has 1 aliphatic rings. The highest BCUT2D eigenvalue weighted by atomic mass is 35.5. The molecule has 0 aromatic carbocycles. The van der Waals surface area contributed by atoms with Crippen LogP contribution in [0.1, 0.15) is 34.1 Å². The van der Waals surface area contributed by atoms with Crippen LogP contribution in [0.2, 0.25) is 0 Å². The fourth-order valence-corrected chi connectivity index (χ4v) is 2.35. The van der Waals surface area contributed by atoms with Gasteiger partial charge in [-0.05, 0) is 20.3 Å². The number of rotatable bonds is 4. The molecule has 2 rings (SSSR count). The Hall–Kier alpha value is -1.03. The summed E-state index contributed by atoms with van der Waals surface area (Å²) in [6.45, 7) is 8.28. The van der Waals surface area contributed by atoms with E-state index in [1.165, 1.54) is 6.33 Å². The van der Waals surface area contributed by atoms with Crippen molar-refractivity contribution in [3.63, 3.8) is 0 Å². The molecule has 4 nitrogen and oxygen atoms in total. The van der Waals surface area contributed by atoms with E-state index < -0.39 is 0 Å². The summed E-state index contributed by atoms with van der Waals surface area (Å²) >= 11 is 6.20. The second-order valence-electron chi connectivity index (χ2n) is 5.63. The normalized spacial score (nSPS) is 25.7. The second-order valence-corrected chi connectivity index (χ2v) is 6.16. The predicted octanol–water partition coefficient (Wildman–Crippen LogP) is 3.08. The Bertz CT molecular complexity index is 422. The van der Waals surface area contributed by atoms with Crippen LogP contribution in [0.25, 0.3) is 0 Å². The van der Waals surface area contributed by atoms with Crippen molar-refractivity contribution < 1.29 is 4.74 Å². The van der Waals surface area contributed by atoms with Crippen molar-refractivity contribution in [3.05, 3.63) is 12.4 Å². The highest BCUT2D eigenvalue weighted by molar-refractivity contribution is 6.21. The van der Waals surface area contributed by atoms with Crippen molar-refractivity contribution >= 4 is 17.4 Å². The van der Waals surface area contributed by atoms with Gasteiger partial charge in [0.15, 0.2) is 0 Å². The molecule has 1 N–H and O–H groups in total. The number of alkyl halides is 1. The largest absolute Gasteiger partial charge is 0.475 e. The van der Waals surface area contributed by atoms with Gasteiger partial charge in [0, 0.05) is 22.9 Å². The van der Waals surface area contributed by atoms with Gasteiger partial charge in [0.05, 0.1) is 6.10 Å². The molecule has 18 heavy (non-hydrogen) atoms. The molecule has 0 bridgehead atoms. The molecule has 0 radical (unpaired) electrons. The van der Waals surface area contributed by atoms with Crippen LogP contribution >= 0.6 is 11.6 Å². The molecule has 1 aromatic rings. The molecule has 1 aliphatic carbocycles. The van der Waals surface area contributed by atoms with Gasteiger partial charge in [-0.15, -0.1) is 11.6 Å². The SMILES string of the molecule is CC(C)Oc1cc(NC2CC(Cl)C2(C)C)ncn1. The van der Waals surface area contributed by atoms with Crippen LogP contribution in [0.3, 0.4) is 0 Å². The minimum absolute atomic E-state index is 0.0889. The summed E-state index contributed by atoms with van der Waals surface area (Å²) in [5, 5.41) is 3.62. The van der Waals surface area contributed by atoms with Gasteiger partial charge in [0.2, 0.25) is 5.88 Å². The number of halogens is 1. The summed E-state index contributed by atoms with van der Waals surface area (Å²) in [5.41, 5.74) is 0.0889. The molecular weight excluding hydrogens is 250 g/mol. The summed E-state index contributed by atoms with van der Waals surface area (Å²) in [6.07, 6.45) is 2.59. The van der Waals surface area contributed by atoms with Crippen molar-refractivity contribution in [2.24, 2.45) is 5.41 Å². The third-order valence-electron chi connectivity index (χ3n) is 3.47. The molecule has 0 aliphatic heterocycles. The Morgan fingerprint density at radius 2 is 2.17 bits per heavy atom. The zero-order valence-corrected chi connectivity index (χ0v) is 12.0. The van der Waals surface area contributed by atoms with Gasteiger partial charge in [0.1, 0.15) is 12.1 Å². The Morgan fingerprint density at radius 1 is 1.44 bits per heavy atom. The van der Waals surface area contributed by atoms with E-state index in [9.17, 15) is 0 Å². The maximum absolute atomic E-state index is 6.20. The average Bonchev–Trinajstić information content (AvgIpc) is 2.28. The third-order valence-corrected chi connectivity index (χ3v) is 4.21. The molecule has 0 saturated heterocycles. The van der Waals surface area contributed by atoms with Crippen LogP contribution in [0.15, 0.2) is 12.4 Å². The molecule has 1 fully saturated rings. The van der Waals surface area contributed by atoms with Crippen LogP contribution in [0.4, 0.5) is 5.82 Å². The van der Waals surface area contributed by atoms with Crippen molar-refractivity contribution in [1.29, 1.82) is 0 Å². The third kappa shape index (κ3) is 2.69. The van der Waals surface area contributed by atoms with Crippen molar-refractivity contribution in [2.75, 3.05) is 5.32 Å². The molecular formula is C13H20ClN3O. The lowest BCUT2D eigenvalue weighted by atomic mass is 9.67. The quantitative estimate of drug-likeness (QED) is 0.854. The van der Waals surface area contributed by atoms with Gasteiger partial charge in [0.25, 0.3) is 0 Å². The standard InChI is InChI=1S/C13H20ClN3O/c1-8(2)18-12-6-11(15-7-16-12)17-10-5-9(14)13(10,3)4/h6-10H,5H2,1-4H3,(H,15,16,17). The van der Waals surface area contributed by atoms with E-state index in [4.69, 9.17) is 16.3 Å². The Labute approximate surface area is 113 Å². The molecule has 100 valence electrons. The van der Waals surface area contributed by atoms with E-state index >= 15 is 0 Å². The van der Waals surface area contributed by atoms with Gasteiger partial charge < -0.3 is 10.1 Å². The van der Waals surface area contributed by atoms with E-state index in [1.54, 1.807) is 0 Å². The van der Waals surface area contributed by atoms with Crippen LogP contribution < -0.4 is 10.1 Å². The highest BCUT2D eigenvalue weighted by Crippen LogP contribution is 2.45. The molecule has 1 saturated carbocycles. The summed E-state index contributed by atoms with van der Waals surface area (Å²) in [6, 6.07) is 2.18. The van der Waals surface area contributed by atoms with E-state index in [0.29, 0.717) is 11.9 Å². The molecule has 2 unspecified atom stereocenters. The first-order chi connectivity index (χ1) is 8.39. The summed E-state index contributed by atoms with van der Waals surface area (Å²) in [5.74, 6) is 1.39. The smallest absolute Gasteiger partial charge is 0.218 e. The lowest BCUT2D eigenvalue weighted by Crippen LogP contribution is -2.54. The van der Waals surface area contributed by atoms with Crippen LogP contribution in [-0.4, -0.2) is 27.5 Å². The summed E-state index contributed by atoms with van der Waals surface area (Å²) in [7, 11) is 0. The Kier molecular flexibility index (Phi) is 3.66.